The van der Waals surface area contributed by atoms with Gasteiger partial charge in [0, 0.05) is 36.2 Å². The zero-order chi connectivity index (χ0) is 15.2. The summed E-state index contributed by atoms with van der Waals surface area (Å²) in [6, 6.07) is 10.2. The summed E-state index contributed by atoms with van der Waals surface area (Å²) in [5.41, 5.74) is 2.76. The van der Waals surface area contributed by atoms with Gasteiger partial charge in [-0.15, -0.1) is 0 Å². The molecule has 0 aromatic heterocycles. The molecule has 0 bridgehead atoms. The lowest BCUT2D eigenvalue weighted by atomic mass is 10.0. The molecule has 1 aliphatic heterocycles. The van der Waals surface area contributed by atoms with Gasteiger partial charge in [0.1, 0.15) is 0 Å². The van der Waals surface area contributed by atoms with Crippen LogP contribution in [0, 0.1) is 6.92 Å². The standard InChI is InChI=1S/C18H30N2S/c1-5-19-18(17-8-6-14(2)7-9-17)10-11-20-12-13-21-16(4)15(20)3/h6-9,15-16,18-19H,5,10-13H2,1-4H3. The van der Waals surface area contributed by atoms with Crippen molar-refractivity contribution in [3.05, 3.63) is 35.4 Å². The topological polar surface area (TPSA) is 15.3 Å². The molecular formula is C18H30N2S. The van der Waals surface area contributed by atoms with Crippen LogP contribution in [0.25, 0.3) is 0 Å². The maximum Gasteiger partial charge on any atom is 0.0332 e. The second-order valence-corrected chi connectivity index (χ2v) is 7.65. The molecule has 1 saturated heterocycles. The van der Waals surface area contributed by atoms with Gasteiger partial charge in [-0.1, -0.05) is 43.7 Å². The second-order valence-electron chi connectivity index (χ2n) is 6.16. The molecule has 1 heterocycles. The Balaban J connectivity index is 1.95. The summed E-state index contributed by atoms with van der Waals surface area (Å²) >= 11 is 2.12. The van der Waals surface area contributed by atoms with Crippen molar-refractivity contribution in [3.63, 3.8) is 0 Å². The Bertz CT molecular complexity index is 418. The van der Waals surface area contributed by atoms with Gasteiger partial charge in [-0.3, -0.25) is 4.90 Å². The summed E-state index contributed by atoms with van der Waals surface area (Å²) in [5, 5.41) is 4.41. The first-order chi connectivity index (χ1) is 10.1. The zero-order valence-corrected chi connectivity index (χ0v) is 14.7. The lowest BCUT2D eigenvalue weighted by Crippen LogP contribution is -2.45. The van der Waals surface area contributed by atoms with Crippen LogP contribution >= 0.6 is 11.8 Å². The van der Waals surface area contributed by atoms with Crippen LogP contribution in [0.1, 0.15) is 44.4 Å². The molecule has 1 fully saturated rings. The van der Waals surface area contributed by atoms with Crippen LogP contribution in [0.4, 0.5) is 0 Å². The van der Waals surface area contributed by atoms with Gasteiger partial charge in [0.05, 0.1) is 0 Å². The lowest BCUT2D eigenvalue weighted by molar-refractivity contribution is 0.202. The first kappa shape index (κ1) is 16.9. The van der Waals surface area contributed by atoms with E-state index >= 15 is 0 Å². The van der Waals surface area contributed by atoms with E-state index in [0.29, 0.717) is 12.1 Å². The third kappa shape index (κ3) is 4.73. The van der Waals surface area contributed by atoms with E-state index in [0.717, 1.165) is 11.8 Å². The zero-order valence-electron chi connectivity index (χ0n) is 13.9. The molecular weight excluding hydrogens is 276 g/mol. The van der Waals surface area contributed by atoms with E-state index in [1.165, 1.54) is 36.4 Å². The van der Waals surface area contributed by atoms with Crippen molar-refractivity contribution >= 4 is 11.8 Å². The van der Waals surface area contributed by atoms with E-state index in [-0.39, 0.29) is 0 Å². The normalized spacial score (nSPS) is 25.0. The third-order valence-corrected chi connectivity index (χ3v) is 5.99. The highest BCUT2D eigenvalue weighted by Gasteiger charge is 2.25. The number of aryl methyl sites for hydroxylation is 1. The van der Waals surface area contributed by atoms with Crippen molar-refractivity contribution in [3.8, 4) is 0 Å². The number of hydrogen-bond donors (Lipinski definition) is 1. The Morgan fingerprint density at radius 2 is 2.00 bits per heavy atom. The van der Waals surface area contributed by atoms with E-state index < -0.39 is 0 Å². The molecule has 0 radical (unpaired) electrons. The van der Waals surface area contributed by atoms with Crippen LogP contribution in [-0.2, 0) is 0 Å². The van der Waals surface area contributed by atoms with Gasteiger partial charge in [-0.25, -0.2) is 0 Å². The molecule has 2 rings (SSSR count). The summed E-state index contributed by atoms with van der Waals surface area (Å²) in [6.07, 6.45) is 1.19. The average molecular weight is 307 g/mol. The summed E-state index contributed by atoms with van der Waals surface area (Å²) in [5.74, 6) is 1.28. The number of nitrogens with zero attached hydrogens (tertiary/aromatic N) is 1. The molecule has 1 aromatic rings. The Labute approximate surface area is 134 Å². The molecule has 21 heavy (non-hydrogen) atoms. The van der Waals surface area contributed by atoms with Gasteiger partial charge < -0.3 is 5.32 Å². The number of rotatable bonds is 6. The first-order valence-corrected chi connectivity index (χ1v) is 9.32. The number of hydrogen-bond acceptors (Lipinski definition) is 3. The van der Waals surface area contributed by atoms with Crippen LogP contribution in [0.3, 0.4) is 0 Å². The molecule has 1 N–H and O–H groups in total. The van der Waals surface area contributed by atoms with Gasteiger partial charge in [0.15, 0.2) is 0 Å². The van der Waals surface area contributed by atoms with Crippen LogP contribution in [-0.4, -0.2) is 41.6 Å². The van der Waals surface area contributed by atoms with E-state index in [9.17, 15) is 0 Å². The van der Waals surface area contributed by atoms with Gasteiger partial charge in [0.2, 0.25) is 0 Å². The molecule has 3 heteroatoms. The molecule has 1 aromatic carbocycles. The van der Waals surface area contributed by atoms with Gasteiger partial charge in [-0.2, -0.15) is 11.8 Å². The van der Waals surface area contributed by atoms with Gasteiger partial charge >= 0.3 is 0 Å². The van der Waals surface area contributed by atoms with Crippen LogP contribution in [0.2, 0.25) is 0 Å². The predicted molar refractivity (Wildman–Crippen MR) is 95.2 cm³/mol. The fourth-order valence-corrected chi connectivity index (χ4v) is 4.20. The average Bonchev–Trinajstić information content (AvgIpc) is 2.48. The summed E-state index contributed by atoms with van der Waals surface area (Å²) in [6.45, 7) is 12.6. The van der Waals surface area contributed by atoms with Gasteiger partial charge in [0.25, 0.3) is 0 Å². The van der Waals surface area contributed by atoms with Crippen molar-refractivity contribution in [2.75, 3.05) is 25.4 Å². The summed E-state index contributed by atoms with van der Waals surface area (Å²) in [7, 11) is 0. The fraction of sp³-hybridized carbons (Fsp3) is 0.667. The Kier molecular flexibility index (Phi) is 6.59. The molecule has 0 amide bonds. The minimum Gasteiger partial charge on any atom is -0.310 e. The Morgan fingerprint density at radius 1 is 1.29 bits per heavy atom. The number of benzene rings is 1. The quantitative estimate of drug-likeness (QED) is 0.859. The van der Waals surface area contributed by atoms with E-state index in [1.807, 2.05) is 0 Å². The van der Waals surface area contributed by atoms with E-state index in [1.54, 1.807) is 0 Å². The third-order valence-electron chi connectivity index (χ3n) is 4.65. The molecule has 3 atom stereocenters. The highest BCUT2D eigenvalue weighted by Crippen LogP contribution is 2.26. The van der Waals surface area contributed by atoms with E-state index in [2.05, 4.69) is 73.9 Å². The van der Waals surface area contributed by atoms with E-state index in [4.69, 9.17) is 0 Å². The number of nitrogens with one attached hydrogen (secondary N) is 1. The summed E-state index contributed by atoms with van der Waals surface area (Å²) in [4.78, 5) is 2.67. The van der Waals surface area contributed by atoms with Crippen LogP contribution in [0.5, 0.6) is 0 Å². The van der Waals surface area contributed by atoms with Crippen LogP contribution in [0.15, 0.2) is 24.3 Å². The largest absolute Gasteiger partial charge is 0.310 e. The smallest absolute Gasteiger partial charge is 0.0332 e. The minimum atomic E-state index is 0.479. The maximum absolute atomic E-state index is 3.65. The Hall–Kier alpha value is -0.510. The van der Waals surface area contributed by atoms with Crippen molar-refractivity contribution in [2.45, 2.75) is 51.4 Å². The predicted octanol–water partition coefficient (Wildman–Crippen LogP) is 3.86. The van der Waals surface area contributed by atoms with Crippen molar-refractivity contribution in [1.29, 1.82) is 0 Å². The lowest BCUT2D eigenvalue weighted by Gasteiger charge is -2.38. The fourth-order valence-electron chi connectivity index (χ4n) is 3.04. The molecule has 0 aliphatic carbocycles. The summed E-state index contributed by atoms with van der Waals surface area (Å²) < 4.78 is 0. The molecule has 0 saturated carbocycles. The highest BCUT2D eigenvalue weighted by molar-refractivity contribution is 8.00. The highest BCUT2D eigenvalue weighted by atomic mass is 32.2. The molecule has 2 nitrogen and oxygen atoms in total. The first-order valence-electron chi connectivity index (χ1n) is 8.27. The van der Waals surface area contributed by atoms with Crippen molar-refractivity contribution in [1.82, 2.24) is 10.2 Å². The van der Waals surface area contributed by atoms with Gasteiger partial charge in [-0.05, 0) is 32.4 Å². The molecule has 0 spiro atoms. The minimum absolute atomic E-state index is 0.479. The number of thioether (sulfide) groups is 1. The maximum atomic E-state index is 3.65. The van der Waals surface area contributed by atoms with Crippen LogP contribution < -0.4 is 5.32 Å². The molecule has 1 aliphatic rings. The molecule has 3 unspecified atom stereocenters. The second kappa shape index (κ2) is 8.21. The molecule has 118 valence electrons. The Morgan fingerprint density at radius 3 is 2.67 bits per heavy atom. The van der Waals surface area contributed by atoms with Crippen molar-refractivity contribution < 1.29 is 0 Å². The SMILES string of the molecule is CCNC(CCN1CCSC(C)C1C)c1ccc(C)cc1. The monoisotopic (exact) mass is 306 g/mol. The van der Waals surface area contributed by atoms with Crippen molar-refractivity contribution in [2.24, 2.45) is 0 Å².